The molecule has 0 spiro atoms. The van der Waals surface area contributed by atoms with E-state index in [1.165, 1.54) is 16.7 Å². The Morgan fingerprint density at radius 2 is 1.82 bits per heavy atom. The summed E-state index contributed by atoms with van der Waals surface area (Å²) in [6.07, 6.45) is 12.2. The predicted molar refractivity (Wildman–Crippen MR) is 75.0 cm³/mol. The average Bonchev–Trinajstić information content (AvgIpc) is 2.44. The third kappa shape index (κ3) is 3.20. The van der Waals surface area contributed by atoms with Crippen LogP contribution in [-0.2, 0) is 6.42 Å². The van der Waals surface area contributed by atoms with Gasteiger partial charge in [0.05, 0.1) is 0 Å². The Balaban J connectivity index is 2.19. The first kappa shape index (κ1) is 11.9. The molecule has 0 unspecified atom stereocenters. The van der Waals surface area contributed by atoms with Crippen LogP contribution in [0.15, 0.2) is 60.2 Å². The Kier molecular flexibility index (Phi) is 3.33. The number of allylic oxidation sites excluding steroid dienone is 6. The summed E-state index contributed by atoms with van der Waals surface area (Å²) in [7, 11) is 0. The number of rotatable bonds is 2. The molecule has 1 aliphatic carbocycles. The fraction of sp³-hybridized carbons (Fsp3) is 0.294. The molecule has 0 saturated carbocycles. The van der Waals surface area contributed by atoms with Crippen LogP contribution >= 0.6 is 0 Å². The molecule has 1 aromatic rings. The molecule has 88 valence electrons. The van der Waals surface area contributed by atoms with Crippen molar-refractivity contribution in [3.63, 3.8) is 0 Å². The molecule has 0 atom stereocenters. The second-order valence-electron chi connectivity index (χ2n) is 5.36. The molecular formula is C17H20. The number of hydrogen-bond donors (Lipinski definition) is 0. The van der Waals surface area contributed by atoms with Crippen molar-refractivity contribution in [2.75, 3.05) is 0 Å². The van der Waals surface area contributed by atoms with Crippen LogP contribution < -0.4 is 0 Å². The molecule has 0 aliphatic heterocycles. The molecule has 0 amide bonds. The zero-order chi connectivity index (χ0) is 12.3. The Bertz CT molecular complexity index is 485. The van der Waals surface area contributed by atoms with Gasteiger partial charge in [-0.1, -0.05) is 68.5 Å². The summed E-state index contributed by atoms with van der Waals surface area (Å²) in [6, 6.07) is 8.60. The minimum absolute atomic E-state index is 0.171. The Hall–Kier alpha value is -1.56. The van der Waals surface area contributed by atoms with Crippen LogP contribution in [-0.4, -0.2) is 0 Å². The van der Waals surface area contributed by atoms with Gasteiger partial charge in [-0.25, -0.2) is 0 Å². The summed E-state index contributed by atoms with van der Waals surface area (Å²) < 4.78 is 0. The second kappa shape index (κ2) is 4.75. The smallest absolute Gasteiger partial charge is 0.00107 e. The van der Waals surface area contributed by atoms with Gasteiger partial charge < -0.3 is 0 Å². The predicted octanol–water partition coefficient (Wildman–Crippen LogP) is 4.62. The summed E-state index contributed by atoms with van der Waals surface area (Å²) in [4.78, 5) is 0. The number of benzene rings is 1. The van der Waals surface area contributed by atoms with Crippen molar-refractivity contribution in [3.8, 4) is 0 Å². The number of aryl methyl sites for hydroxylation is 1. The molecule has 0 nitrogen and oxygen atoms in total. The van der Waals surface area contributed by atoms with Crippen LogP contribution in [0.1, 0.15) is 25.0 Å². The lowest BCUT2D eigenvalue weighted by Gasteiger charge is -2.12. The van der Waals surface area contributed by atoms with E-state index >= 15 is 0 Å². The van der Waals surface area contributed by atoms with E-state index in [0.29, 0.717) is 0 Å². The van der Waals surface area contributed by atoms with Gasteiger partial charge in [0.1, 0.15) is 0 Å². The summed E-state index contributed by atoms with van der Waals surface area (Å²) in [5, 5.41) is 0. The highest BCUT2D eigenvalue weighted by molar-refractivity contribution is 5.37. The molecule has 0 heteroatoms. The Morgan fingerprint density at radius 3 is 2.59 bits per heavy atom. The molecule has 0 saturated heterocycles. The van der Waals surface area contributed by atoms with Gasteiger partial charge in [-0.2, -0.15) is 0 Å². The molecule has 0 radical (unpaired) electrons. The van der Waals surface area contributed by atoms with Crippen molar-refractivity contribution in [1.82, 2.24) is 0 Å². The normalized spacial score (nSPS) is 17.7. The van der Waals surface area contributed by atoms with Crippen LogP contribution in [0.2, 0.25) is 0 Å². The topological polar surface area (TPSA) is 0 Å². The van der Waals surface area contributed by atoms with E-state index in [1.54, 1.807) is 0 Å². The quantitative estimate of drug-likeness (QED) is 0.688. The summed E-state index contributed by atoms with van der Waals surface area (Å²) in [6.45, 7) is 6.63. The van der Waals surface area contributed by atoms with E-state index in [-0.39, 0.29) is 5.41 Å². The van der Waals surface area contributed by atoms with Crippen LogP contribution in [0, 0.1) is 12.3 Å². The van der Waals surface area contributed by atoms with Gasteiger partial charge in [-0.05, 0) is 30.0 Å². The van der Waals surface area contributed by atoms with Gasteiger partial charge in [-0.15, -0.1) is 0 Å². The second-order valence-corrected chi connectivity index (χ2v) is 5.36. The molecule has 1 aliphatic rings. The molecule has 0 fully saturated rings. The lowest BCUT2D eigenvalue weighted by Crippen LogP contribution is -2.00. The maximum Gasteiger partial charge on any atom is 0.00107 e. The fourth-order valence-electron chi connectivity index (χ4n) is 2.00. The highest BCUT2D eigenvalue weighted by atomic mass is 14.2. The summed E-state index contributed by atoms with van der Waals surface area (Å²) >= 11 is 0. The van der Waals surface area contributed by atoms with Gasteiger partial charge in [0.15, 0.2) is 0 Å². The van der Waals surface area contributed by atoms with Gasteiger partial charge in [0.2, 0.25) is 0 Å². The summed E-state index contributed by atoms with van der Waals surface area (Å²) in [5.41, 5.74) is 4.33. The maximum atomic E-state index is 2.28. The lowest BCUT2D eigenvalue weighted by molar-refractivity contribution is 0.627. The minimum atomic E-state index is 0.171. The van der Waals surface area contributed by atoms with Crippen molar-refractivity contribution >= 4 is 0 Å². The van der Waals surface area contributed by atoms with Gasteiger partial charge in [0.25, 0.3) is 0 Å². The molecule has 0 heterocycles. The van der Waals surface area contributed by atoms with Gasteiger partial charge >= 0.3 is 0 Å². The van der Waals surface area contributed by atoms with E-state index in [1.807, 2.05) is 0 Å². The first-order valence-electron chi connectivity index (χ1n) is 6.19. The van der Waals surface area contributed by atoms with E-state index in [2.05, 4.69) is 75.4 Å². The van der Waals surface area contributed by atoms with E-state index in [9.17, 15) is 0 Å². The van der Waals surface area contributed by atoms with Crippen LogP contribution in [0.5, 0.6) is 0 Å². The molecule has 2 rings (SSSR count). The third-order valence-electron chi connectivity index (χ3n) is 3.22. The zero-order valence-electron chi connectivity index (χ0n) is 10.9. The minimum Gasteiger partial charge on any atom is -0.0751 e. The van der Waals surface area contributed by atoms with Crippen LogP contribution in [0.3, 0.4) is 0 Å². The highest BCUT2D eigenvalue weighted by Gasteiger charge is 2.10. The Labute approximate surface area is 104 Å². The molecule has 1 aromatic carbocycles. The third-order valence-corrected chi connectivity index (χ3v) is 3.22. The van der Waals surface area contributed by atoms with Crippen molar-refractivity contribution in [1.29, 1.82) is 0 Å². The van der Waals surface area contributed by atoms with E-state index in [4.69, 9.17) is 0 Å². The van der Waals surface area contributed by atoms with Gasteiger partial charge in [0, 0.05) is 5.41 Å². The molecule has 17 heavy (non-hydrogen) atoms. The molecule has 0 aromatic heterocycles. The fourth-order valence-corrected chi connectivity index (χ4v) is 2.00. The van der Waals surface area contributed by atoms with Crippen molar-refractivity contribution in [3.05, 3.63) is 71.3 Å². The standard InChI is InChI=1S/C17H20/c1-14-7-4-5-9-16(14)13-15-8-6-11-17(2,3)12-10-15/h4-12H,13H2,1-3H3. The number of hydrogen-bond acceptors (Lipinski definition) is 0. The SMILES string of the molecule is Cc1ccccc1CC1=CC=CC(C)(C)C=C1. The summed E-state index contributed by atoms with van der Waals surface area (Å²) in [5.74, 6) is 0. The van der Waals surface area contributed by atoms with Crippen molar-refractivity contribution in [2.45, 2.75) is 27.2 Å². The van der Waals surface area contributed by atoms with E-state index < -0.39 is 0 Å². The highest BCUT2D eigenvalue weighted by Crippen LogP contribution is 2.24. The van der Waals surface area contributed by atoms with Crippen molar-refractivity contribution in [2.24, 2.45) is 5.41 Å². The van der Waals surface area contributed by atoms with Crippen LogP contribution in [0.25, 0.3) is 0 Å². The Morgan fingerprint density at radius 1 is 1.06 bits per heavy atom. The molecule has 0 bridgehead atoms. The van der Waals surface area contributed by atoms with Crippen molar-refractivity contribution < 1.29 is 0 Å². The average molecular weight is 224 g/mol. The molecular weight excluding hydrogens is 204 g/mol. The first-order valence-corrected chi connectivity index (χ1v) is 6.19. The maximum absolute atomic E-state index is 2.28. The first-order chi connectivity index (χ1) is 8.07. The lowest BCUT2D eigenvalue weighted by atomic mass is 9.92. The van der Waals surface area contributed by atoms with Gasteiger partial charge in [-0.3, -0.25) is 0 Å². The largest absolute Gasteiger partial charge is 0.0751 e. The molecule has 0 N–H and O–H groups in total. The zero-order valence-corrected chi connectivity index (χ0v) is 10.9. The van der Waals surface area contributed by atoms with Crippen LogP contribution in [0.4, 0.5) is 0 Å². The monoisotopic (exact) mass is 224 g/mol. The van der Waals surface area contributed by atoms with E-state index in [0.717, 1.165) is 6.42 Å².